The summed E-state index contributed by atoms with van der Waals surface area (Å²) in [6.45, 7) is 6.02. The number of rotatable bonds is 5. The third-order valence-corrected chi connectivity index (χ3v) is 5.39. The first-order chi connectivity index (χ1) is 14.0. The van der Waals surface area contributed by atoms with E-state index in [0.29, 0.717) is 17.6 Å². The zero-order valence-electron chi connectivity index (χ0n) is 16.7. The zero-order valence-corrected chi connectivity index (χ0v) is 16.7. The van der Waals surface area contributed by atoms with Crippen molar-refractivity contribution in [3.05, 3.63) is 58.7 Å². The van der Waals surface area contributed by atoms with Gasteiger partial charge in [-0.25, -0.2) is 9.78 Å². The molecule has 0 spiro atoms. The van der Waals surface area contributed by atoms with Crippen LogP contribution < -0.4 is 16.0 Å². The van der Waals surface area contributed by atoms with Gasteiger partial charge in [-0.15, -0.1) is 0 Å². The summed E-state index contributed by atoms with van der Waals surface area (Å²) < 4.78 is 6.59. The fraction of sp³-hybridized carbons (Fsp3) is 0.381. The molecule has 1 aliphatic rings. The number of hydrogen-bond donors (Lipinski definition) is 1. The van der Waals surface area contributed by atoms with E-state index >= 15 is 0 Å². The van der Waals surface area contributed by atoms with Crippen molar-refractivity contribution >= 4 is 22.8 Å². The van der Waals surface area contributed by atoms with E-state index in [1.54, 1.807) is 31.3 Å². The fourth-order valence-corrected chi connectivity index (χ4v) is 3.55. The molecule has 0 aliphatic carbocycles. The maximum absolute atomic E-state index is 12.6. The first kappa shape index (κ1) is 19.2. The molecule has 3 heterocycles. The molecule has 1 unspecified atom stereocenters. The number of aromatic nitrogens is 2. The minimum absolute atomic E-state index is 0.248. The topological polar surface area (TPSA) is 83.6 Å². The van der Waals surface area contributed by atoms with E-state index in [-0.39, 0.29) is 5.91 Å². The maximum atomic E-state index is 12.6. The van der Waals surface area contributed by atoms with Gasteiger partial charge in [0.15, 0.2) is 5.58 Å². The highest BCUT2D eigenvalue weighted by atomic mass is 16.4. The Bertz CT molecular complexity index is 1050. The van der Waals surface area contributed by atoms with E-state index < -0.39 is 11.8 Å². The van der Waals surface area contributed by atoms with Crippen molar-refractivity contribution in [1.82, 2.24) is 19.8 Å². The number of benzene rings is 1. The van der Waals surface area contributed by atoms with Crippen LogP contribution in [-0.4, -0.2) is 53.6 Å². The molecule has 0 saturated carbocycles. The second kappa shape index (κ2) is 8.08. The van der Waals surface area contributed by atoms with Crippen LogP contribution in [0.4, 0.5) is 5.82 Å². The van der Waals surface area contributed by atoms with Crippen molar-refractivity contribution < 1.29 is 9.21 Å². The number of amides is 1. The molecule has 1 fully saturated rings. The minimum Gasteiger partial charge on any atom is -0.408 e. The van der Waals surface area contributed by atoms with Crippen molar-refractivity contribution in [3.8, 4) is 0 Å². The molecule has 0 bridgehead atoms. The maximum Gasteiger partial charge on any atom is 0.420 e. The molecule has 1 saturated heterocycles. The second-order valence-corrected chi connectivity index (χ2v) is 7.41. The Kier molecular flexibility index (Phi) is 5.35. The van der Waals surface area contributed by atoms with Crippen LogP contribution >= 0.6 is 0 Å². The normalized spacial score (nSPS) is 16.1. The number of anilines is 1. The minimum atomic E-state index is -0.677. The van der Waals surface area contributed by atoms with E-state index in [9.17, 15) is 9.59 Å². The van der Waals surface area contributed by atoms with Gasteiger partial charge in [0.25, 0.3) is 0 Å². The first-order valence-corrected chi connectivity index (χ1v) is 9.79. The summed E-state index contributed by atoms with van der Waals surface area (Å²) in [5.41, 5.74) is 1.99. The number of piperazine rings is 1. The number of carbonyl (C=O) groups excluding carboxylic acids is 1. The number of pyridine rings is 1. The number of likely N-dealkylation sites (N-methyl/N-ethyl adjacent to an activating group) is 1. The Labute approximate surface area is 168 Å². The highest BCUT2D eigenvalue weighted by Gasteiger charge is 2.21. The summed E-state index contributed by atoms with van der Waals surface area (Å²) in [6, 6.07) is 10.4. The molecular formula is C21H25N5O3. The molecule has 152 valence electrons. The molecule has 4 rings (SSSR count). The van der Waals surface area contributed by atoms with E-state index in [1.807, 2.05) is 18.2 Å². The molecule has 29 heavy (non-hydrogen) atoms. The van der Waals surface area contributed by atoms with Gasteiger partial charge in [0, 0.05) is 38.9 Å². The molecule has 1 aliphatic heterocycles. The molecule has 1 N–H and O–H groups in total. The van der Waals surface area contributed by atoms with Gasteiger partial charge in [-0.2, -0.15) is 0 Å². The van der Waals surface area contributed by atoms with Gasteiger partial charge in [-0.1, -0.05) is 18.2 Å². The quantitative estimate of drug-likeness (QED) is 0.707. The van der Waals surface area contributed by atoms with Gasteiger partial charge >= 0.3 is 5.76 Å². The Hall–Kier alpha value is -3.13. The van der Waals surface area contributed by atoms with E-state index in [0.717, 1.165) is 37.6 Å². The lowest BCUT2D eigenvalue weighted by Gasteiger charge is -2.33. The number of nitrogens with one attached hydrogen (secondary N) is 1. The molecule has 1 atom stereocenters. The summed E-state index contributed by atoms with van der Waals surface area (Å²) in [5.74, 6) is 0.173. The van der Waals surface area contributed by atoms with Crippen LogP contribution in [0.5, 0.6) is 0 Å². The number of oxazole rings is 1. The average Bonchev–Trinajstić information content (AvgIpc) is 3.08. The third-order valence-electron chi connectivity index (χ3n) is 5.39. The van der Waals surface area contributed by atoms with Crippen LogP contribution in [-0.2, 0) is 11.3 Å². The van der Waals surface area contributed by atoms with Crippen LogP contribution in [0.15, 0.2) is 51.8 Å². The Morgan fingerprint density at radius 1 is 1.17 bits per heavy atom. The molecule has 3 aromatic rings. The molecule has 8 heteroatoms. The predicted molar refractivity (Wildman–Crippen MR) is 111 cm³/mol. The number of para-hydroxylation sites is 2. The standard InChI is InChI=1S/C21H25N5O3/c1-15(26-17-5-3-4-6-18(17)29-21(26)28)20(27)23-14-16-7-8-19(22-13-16)25-11-9-24(2)10-12-25/h3-8,13,15H,9-12,14H2,1-2H3,(H,23,27). The lowest BCUT2D eigenvalue weighted by atomic mass is 10.2. The van der Waals surface area contributed by atoms with Gasteiger partial charge in [-0.05, 0) is 37.7 Å². The Morgan fingerprint density at radius 3 is 2.66 bits per heavy atom. The van der Waals surface area contributed by atoms with Gasteiger partial charge in [-0.3, -0.25) is 9.36 Å². The van der Waals surface area contributed by atoms with Crippen molar-refractivity contribution in [2.45, 2.75) is 19.5 Å². The smallest absolute Gasteiger partial charge is 0.408 e. The summed E-state index contributed by atoms with van der Waals surface area (Å²) in [7, 11) is 2.12. The Balaban J connectivity index is 1.39. The average molecular weight is 395 g/mol. The van der Waals surface area contributed by atoms with Crippen LogP contribution in [0.1, 0.15) is 18.5 Å². The van der Waals surface area contributed by atoms with E-state index in [2.05, 4.69) is 27.1 Å². The van der Waals surface area contributed by atoms with E-state index in [1.165, 1.54) is 4.57 Å². The summed E-state index contributed by atoms with van der Waals surface area (Å²) in [5, 5.41) is 2.88. The van der Waals surface area contributed by atoms with E-state index in [4.69, 9.17) is 4.42 Å². The largest absolute Gasteiger partial charge is 0.420 e. The van der Waals surface area contributed by atoms with Crippen molar-refractivity contribution in [2.75, 3.05) is 38.1 Å². The highest BCUT2D eigenvalue weighted by molar-refractivity contribution is 5.82. The summed E-state index contributed by atoms with van der Waals surface area (Å²) in [6.07, 6.45) is 1.79. The summed E-state index contributed by atoms with van der Waals surface area (Å²) >= 11 is 0. The fourth-order valence-electron chi connectivity index (χ4n) is 3.55. The predicted octanol–water partition coefficient (Wildman–Crippen LogP) is 1.62. The van der Waals surface area contributed by atoms with Crippen LogP contribution in [0, 0.1) is 0 Å². The monoisotopic (exact) mass is 395 g/mol. The van der Waals surface area contributed by atoms with Crippen molar-refractivity contribution in [2.24, 2.45) is 0 Å². The second-order valence-electron chi connectivity index (χ2n) is 7.41. The number of fused-ring (bicyclic) bond motifs is 1. The third kappa shape index (κ3) is 4.02. The highest BCUT2D eigenvalue weighted by Crippen LogP contribution is 2.17. The molecular weight excluding hydrogens is 370 g/mol. The zero-order chi connectivity index (χ0) is 20.4. The molecule has 0 radical (unpaired) electrons. The summed E-state index contributed by atoms with van der Waals surface area (Å²) in [4.78, 5) is 33.9. The van der Waals surface area contributed by atoms with Gasteiger partial charge in [0.1, 0.15) is 11.9 Å². The van der Waals surface area contributed by atoms with Gasteiger partial charge in [0.05, 0.1) is 5.52 Å². The van der Waals surface area contributed by atoms with Crippen LogP contribution in [0.3, 0.4) is 0 Å². The van der Waals surface area contributed by atoms with Crippen LogP contribution in [0.25, 0.3) is 11.1 Å². The molecule has 1 aromatic carbocycles. The van der Waals surface area contributed by atoms with Crippen molar-refractivity contribution in [1.29, 1.82) is 0 Å². The van der Waals surface area contributed by atoms with Crippen LogP contribution in [0.2, 0.25) is 0 Å². The lowest BCUT2D eigenvalue weighted by Crippen LogP contribution is -2.44. The molecule has 8 nitrogen and oxygen atoms in total. The first-order valence-electron chi connectivity index (χ1n) is 9.79. The Morgan fingerprint density at radius 2 is 1.93 bits per heavy atom. The SMILES string of the molecule is CC(C(=O)NCc1ccc(N2CCN(C)CC2)nc1)n1c(=O)oc2ccccc21. The van der Waals surface area contributed by atoms with Crippen molar-refractivity contribution in [3.63, 3.8) is 0 Å². The number of hydrogen-bond acceptors (Lipinski definition) is 6. The lowest BCUT2D eigenvalue weighted by molar-refractivity contribution is -0.124. The number of carbonyl (C=O) groups is 1. The molecule has 1 amide bonds. The van der Waals surface area contributed by atoms with Gasteiger partial charge in [0.2, 0.25) is 5.91 Å². The number of nitrogens with zero attached hydrogens (tertiary/aromatic N) is 4. The molecule has 2 aromatic heterocycles. The van der Waals surface area contributed by atoms with Gasteiger partial charge < -0.3 is 19.5 Å².